The predicted molar refractivity (Wildman–Crippen MR) is 136 cm³/mol. The Labute approximate surface area is 229 Å². The van der Waals surface area contributed by atoms with Gasteiger partial charge >= 0.3 is 12.4 Å². The average Bonchev–Trinajstić information content (AvgIpc) is 3.32. The van der Waals surface area contributed by atoms with E-state index in [1.54, 1.807) is 11.7 Å². The van der Waals surface area contributed by atoms with E-state index in [1.807, 2.05) is 55.5 Å². The third-order valence-corrected chi connectivity index (χ3v) is 6.75. The van der Waals surface area contributed by atoms with Crippen molar-refractivity contribution in [2.75, 3.05) is 7.11 Å². The van der Waals surface area contributed by atoms with E-state index < -0.39 is 35.0 Å². The molecule has 1 aromatic heterocycles. The fourth-order valence-corrected chi connectivity index (χ4v) is 4.63. The molecule has 0 aliphatic rings. The number of nitrogens with one attached hydrogen (secondary N) is 1. The van der Waals surface area contributed by atoms with Crippen molar-refractivity contribution < 1.29 is 35.9 Å². The van der Waals surface area contributed by atoms with Crippen molar-refractivity contribution in [1.82, 2.24) is 20.1 Å². The Balaban J connectivity index is 1.61. The number of benzene rings is 3. The van der Waals surface area contributed by atoms with Gasteiger partial charge in [0.25, 0.3) is 5.91 Å². The van der Waals surface area contributed by atoms with Gasteiger partial charge in [0.05, 0.1) is 24.8 Å². The van der Waals surface area contributed by atoms with Crippen molar-refractivity contribution in [3.05, 3.63) is 100 Å². The van der Waals surface area contributed by atoms with E-state index >= 15 is 0 Å². The number of methoxy groups -OCH3 is 1. The highest BCUT2D eigenvalue weighted by Gasteiger charge is 2.37. The standard InChI is InChI=1S/C27H22F6N4O2S/c1-16-6-8-21(9-7-16)37-23(35-36-25(37)40-15-17-4-3-5-22(10-17)39-2)14-34-24(38)18-11-19(26(28,29)30)13-20(12-18)27(31,32)33/h3-13H,14-15H2,1-2H3,(H,34,38). The quantitative estimate of drug-likeness (QED) is 0.183. The molecule has 0 saturated carbocycles. The summed E-state index contributed by atoms with van der Waals surface area (Å²) in [5.41, 5.74) is -1.34. The van der Waals surface area contributed by atoms with E-state index in [2.05, 4.69) is 15.5 Å². The zero-order valence-electron chi connectivity index (χ0n) is 21.1. The summed E-state index contributed by atoms with van der Waals surface area (Å²) in [6.45, 7) is 1.59. The van der Waals surface area contributed by atoms with Gasteiger partial charge in [-0.25, -0.2) is 0 Å². The Morgan fingerprint density at radius 1 is 0.925 bits per heavy atom. The molecule has 0 radical (unpaired) electrons. The van der Waals surface area contributed by atoms with Crippen LogP contribution in [0.1, 0.15) is 38.4 Å². The first-order valence-electron chi connectivity index (χ1n) is 11.7. The molecular weight excluding hydrogens is 558 g/mol. The monoisotopic (exact) mass is 580 g/mol. The molecule has 4 aromatic rings. The van der Waals surface area contributed by atoms with Crippen LogP contribution in [-0.2, 0) is 24.7 Å². The number of hydrogen-bond donors (Lipinski definition) is 1. The smallest absolute Gasteiger partial charge is 0.416 e. The molecule has 210 valence electrons. The van der Waals surface area contributed by atoms with Crippen LogP contribution in [0.2, 0.25) is 0 Å². The Morgan fingerprint density at radius 2 is 1.57 bits per heavy atom. The molecule has 0 atom stereocenters. The molecule has 0 unspecified atom stereocenters. The molecule has 0 aliphatic heterocycles. The number of amides is 1. The summed E-state index contributed by atoms with van der Waals surface area (Å²) in [5, 5.41) is 11.2. The predicted octanol–water partition coefficient (Wildman–Crippen LogP) is 6.84. The van der Waals surface area contributed by atoms with Gasteiger partial charge in [0, 0.05) is 17.0 Å². The highest BCUT2D eigenvalue weighted by Crippen LogP contribution is 2.36. The maximum atomic E-state index is 13.2. The van der Waals surface area contributed by atoms with Crippen LogP contribution in [0.5, 0.6) is 5.75 Å². The molecule has 13 heteroatoms. The second-order valence-corrected chi connectivity index (χ2v) is 9.63. The molecule has 1 amide bonds. The van der Waals surface area contributed by atoms with Crippen molar-refractivity contribution in [2.24, 2.45) is 0 Å². The molecular formula is C27H22F6N4O2S. The number of carbonyl (C=O) groups is 1. The summed E-state index contributed by atoms with van der Waals surface area (Å²) in [5.74, 6) is 0.289. The van der Waals surface area contributed by atoms with Crippen molar-refractivity contribution in [1.29, 1.82) is 0 Å². The second-order valence-electron chi connectivity index (χ2n) is 8.69. The molecule has 1 heterocycles. The summed E-state index contributed by atoms with van der Waals surface area (Å²) in [7, 11) is 1.56. The average molecular weight is 581 g/mol. The largest absolute Gasteiger partial charge is 0.497 e. The minimum Gasteiger partial charge on any atom is -0.497 e. The Kier molecular flexibility index (Phi) is 8.43. The molecule has 3 aromatic carbocycles. The SMILES string of the molecule is COc1cccc(CSc2nnc(CNC(=O)c3cc(C(F)(F)F)cc(C(F)(F)F)c3)n2-c2ccc(C)cc2)c1. The summed E-state index contributed by atoms with van der Waals surface area (Å²) in [6.07, 6.45) is -10.1. The van der Waals surface area contributed by atoms with Gasteiger partial charge in [-0.1, -0.05) is 41.6 Å². The van der Waals surface area contributed by atoms with Crippen LogP contribution >= 0.6 is 11.8 Å². The summed E-state index contributed by atoms with van der Waals surface area (Å²) < 4.78 is 86.3. The Bertz CT molecular complexity index is 1470. The number of halogens is 6. The van der Waals surface area contributed by atoms with Gasteiger partial charge < -0.3 is 10.1 Å². The summed E-state index contributed by atoms with van der Waals surface area (Å²) in [4.78, 5) is 12.7. The number of hydrogen-bond acceptors (Lipinski definition) is 5. The van der Waals surface area contributed by atoms with Gasteiger partial charge in [-0.2, -0.15) is 26.3 Å². The lowest BCUT2D eigenvalue weighted by Crippen LogP contribution is -2.26. The van der Waals surface area contributed by atoms with Gasteiger partial charge in [-0.3, -0.25) is 9.36 Å². The summed E-state index contributed by atoms with van der Waals surface area (Å²) >= 11 is 1.35. The normalized spacial score (nSPS) is 11.9. The van der Waals surface area contributed by atoms with E-state index in [1.165, 1.54) is 11.8 Å². The summed E-state index contributed by atoms with van der Waals surface area (Å²) in [6, 6.07) is 15.5. The van der Waals surface area contributed by atoms with Crippen molar-refractivity contribution >= 4 is 17.7 Å². The maximum Gasteiger partial charge on any atom is 0.416 e. The molecule has 40 heavy (non-hydrogen) atoms. The van der Waals surface area contributed by atoms with Crippen LogP contribution in [-0.4, -0.2) is 27.8 Å². The zero-order valence-corrected chi connectivity index (χ0v) is 21.9. The zero-order chi connectivity index (χ0) is 29.1. The molecule has 0 fully saturated rings. The number of nitrogens with zero attached hydrogens (tertiary/aromatic N) is 3. The highest BCUT2D eigenvalue weighted by molar-refractivity contribution is 7.98. The lowest BCUT2D eigenvalue weighted by atomic mass is 10.0. The maximum absolute atomic E-state index is 13.2. The third kappa shape index (κ3) is 6.95. The van der Waals surface area contributed by atoms with Crippen LogP contribution < -0.4 is 10.1 Å². The number of thioether (sulfide) groups is 1. The van der Waals surface area contributed by atoms with E-state index in [0.29, 0.717) is 34.5 Å². The fraction of sp³-hybridized carbons (Fsp3) is 0.222. The molecule has 6 nitrogen and oxygen atoms in total. The van der Waals surface area contributed by atoms with E-state index in [4.69, 9.17) is 4.74 Å². The minimum atomic E-state index is -5.07. The first kappa shape index (κ1) is 29.0. The van der Waals surface area contributed by atoms with E-state index in [-0.39, 0.29) is 18.4 Å². The lowest BCUT2D eigenvalue weighted by molar-refractivity contribution is -0.143. The van der Waals surface area contributed by atoms with Gasteiger partial charge in [0.15, 0.2) is 11.0 Å². The van der Waals surface area contributed by atoms with E-state index in [0.717, 1.165) is 11.1 Å². The van der Waals surface area contributed by atoms with Crippen LogP contribution in [0, 0.1) is 6.92 Å². The number of alkyl halides is 6. The Morgan fingerprint density at radius 3 is 2.17 bits per heavy atom. The molecule has 1 N–H and O–H groups in total. The number of ether oxygens (including phenoxy) is 1. The van der Waals surface area contributed by atoms with Crippen molar-refractivity contribution in [2.45, 2.75) is 36.7 Å². The lowest BCUT2D eigenvalue weighted by Gasteiger charge is -2.14. The van der Waals surface area contributed by atoms with Crippen LogP contribution in [0.3, 0.4) is 0 Å². The van der Waals surface area contributed by atoms with Crippen molar-refractivity contribution in [3.8, 4) is 11.4 Å². The molecule has 0 bridgehead atoms. The van der Waals surface area contributed by atoms with Crippen LogP contribution in [0.15, 0.2) is 71.9 Å². The van der Waals surface area contributed by atoms with Gasteiger partial charge in [0.2, 0.25) is 0 Å². The first-order valence-corrected chi connectivity index (χ1v) is 12.7. The van der Waals surface area contributed by atoms with Crippen LogP contribution in [0.4, 0.5) is 26.3 Å². The van der Waals surface area contributed by atoms with E-state index in [9.17, 15) is 31.1 Å². The minimum absolute atomic E-state index is 0.0311. The number of rotatable bonds is 8. The molecule has 0 spiro atoms. The van der Waals surface area contributed by atoms with Gasteiger partial charge in [-0.15, -0.1) is 10.2 Å². The number of carbonyl (C=O) groups excluding carboxylic acids is 1. The van der Waals surface area contributed by atoms with Crippen LogP contribution in [0.25, 0.3) is 5.69 Å². The highest BCUT2D eigenvalue weighted by atomic mass is 32.2. The topological polar surface area (TPSA) is 69.0 Å². The fourth-order valence-electron chi connectivity index (χ4n) is 3.72. The van der Waals surface area contributed by atoms with Crippen molar-refractivity contribution in [3.63, 3.8) is 0 Å². The second kappa shape index (κ2) is 11.6. The Hall–Kier alpha value is -4.00. The first-order chi connectivity index (χ1) is 18.8. The molecule has 0 aliphatic carbocycles. The van der Waals surface area contributed by atoms with Gasteiger partial charge in [-0.05, 0) is 55.0 Å². The molecule has 0 saturated heterocycles. The van der Waals surface area contributed by atoms with Gasteiger partial charge in [0.1, 0.15) is 5.75 Å². The third-order valence-electron chi connectivity index (χ3n) is 5.75. The number of aromatic nitrogens is 3. The number of aryl methyl sites for hydroxylation is 1. The molecule has 4 rings (SSSR count).